The van der Waals surface area contributed by atoms with E-state index in [9.17, 15) is 19.7 Å². The van der Waals surface area contributed by atoms with Crippen LogP contribution in [0.5, 0.6) is 0 Å². The summed E-state index contributed by atoms with van der Waals surface area (Å²) in [6.45, 7) is 5.80. The summed E-state index contributed by atoms with van der Waals surface area (Å²) in [6.07, 6.45) is 3.30. The number of amides is 2. The minimum Gasteiger partial charge on any atom is -0.366 e. The number of benzene rings is 1. The van der Waals surface area contributed by atoms with Crippen molar-refractivity contribution in [2.24, 2.45) is 5.73 Å². The Balaban J connectivity index is 1.61. The van der Waals surface area contributed by atoms with E-state index in [4.69, 9.17) is 5.73 Å². The molecule has 1 aromatic carbocycles. The zero-order valence-electron chi connectivity index (χ0n) is 16.2. The van der Waals surface area contributed by atoms with Crippen molar-refractivity contribution < 1.29 is 14.5 Å². The van der Waals surface area contributed by atoms with E-state index in [1.165, 1.54) is 18.6 Å². The number of hydrogen-bond acceptors (Lipinski definition) is 6. The molecule has 0 saturated carbocycles. The fraction of sp³-hybridized carbons (Fsp3) is 0.579. The topological polar surface area (TPSA) is 113 Å². The van der Waals surface area contributed by atoms with Gasteiger partial charge in [0, 0.05) is 50.4 Å². The van der Waals surface area contributed by atoms with Crippen LogP contribution in [0.4, 0.5) is 11.4 Å². The van der Waals surface area contributed by atoms with E-state index >= 15 is 0 Å². The highest BCUT2D eigenvalue weighted by molar-refractivity contribution is 5.94. The molecule has 2 saturated heterocycles. The number of carbonyl (C=O) groups is 2. The van der Waals surface area contributed by atoms with Gasteiger partial charge >= 0.3 is 0 Å². The molecule has 9 nitrogen and oxygen atoms in total. The molecule has 1 atom stereocenters. The van der Waals surface area contributed by atoms with Gasteiger partial charge in [0.1, 0.15) is 5.69 Å². The molecule has 0 spiro atoms. The summed E-state index contributed by atoms with van der Waals surface area (Å²) in [5, 5.41) is 11.4. The van der Waals surface area contributed by atoms with Crippen LogP contribution < -0.4 is 10.6 Å². The Kier molecular flexibility index (Phi) is 6.13. The van der Waals surface area contributed by atoms with Crippen LogP contribution in [0.1, 0.15) is 36.5 Å². The van der Waals surface area contributed by atoms with Gasteiger partial charge in [0.15, 0.2) is 0 Å². The smallest absolute Gasteiger partial charge is 0.293 e. The number of nitrogens with zero attached hydrogens (tertiary/aromatic N) is 4. The lowest BCUT2D eigenvalue weighted by Crippen LogP contribution is -2.52. The average molecular weight is 389 g/mol. The minimum atomic E-state index is -0.690. The number of piperidine rings is 1. The molecular weight excluding hydrogens is 362 g/mol. The third-order valence-corrected chi connectivity index (χ3v) is 5.65. The zero-order chi connectivity index (χ0) is 20.3. The summed E-state index contributed by atoms with van der Waals surface area (Å²) in [6, 6.07) is 4.62. The number of nitro groups is 1. The molecule has 2 heterocycles. The number of nitro benzene ring substituents is 1. The highest BCUT2D eigenvalue weighted by Crippen LogP contribution is 2.30. The molecule has 0 aromatic heterocycles. The summed E-state index contributed by atoms with van der Waals surface area (Å²) in [4.78, 5) is 40.8. The molecule has 28 heavy (non-hydrogen) atoms. The Bertz CT molecular complexity index is 761. The van der Waals surface area contributed by atoms with Gasteiger partial charge in [0.05, 0.1) is 11.5 Å². The maximum absolute atomic E-state index is 12.6. The van der Waals surface area contributed by atoms with Crippen molar-refractivity contribution >= 4 is 23.2 Å². The zero-order valence-corrected chi connectivity index (χ0v) is 16.2. The van der Waals surface area contributed by atoms with E-state index in [0.29, 0.717) is 44.5 Å². The van der Waals surface area contributed by atoms with Crippen LogP contribution >= 0.6 is 0 Å². The molecule has 1 aromatic rings. The fourth-order valence-electron chi connectivity index (χ4n) is 3.99. The molecule has 0 aliphatic carbocycles. The number of anilines is 1. The van der Waals surface area contributed by atoms with Crippen LogP contribution in [0, 0.1) is 10.1 Å². The first-order valence-corrected chi connectivity index (χ1v) is 9.72. The number of hydrogen-bond donors (Lipinski definition) is 1. The van der Waals surface area contributed by atoms with Gasteiger partial charge in [-0.2, -0.15) is 0 Å². The average Bonchev–Trinajstić information content (AvgIpc) is 2.68. The number of carbonyl (C=O) groups excluding carboxylic acids is 2. The summed E-state index contributed by atoms with van der Waals surface area (Å²) >= 11 is 0. The third kappa shape index (κ3) is 4.41. The van der Waals surface area contributed by atoms with E-state index in [2.05, 4.69) is 11.8 Å². The molecule has 0 radical (unpaired) electrons. The van der Waals surface area contributed by atoms with Crippen molar-refractivity contribution in [1.82, 2.24) is 9.80 Å². The second-order valence-corrected chi connectivity index (χ2v) is 7.52. The van der Waals surface area contributed by atoms with Crippen LogP contribution in [-0.4, -0.2) is 71.8 Å². The summed E-state index contributed by atoms with van der Waals surface area (Å²) in [7, 11) is 0. The second-order valence-electron chi connectivity index (χ2n) is 7.52. The van der Waals surface area contributed by atoms with E-state index in [1.54, 1.807) is 6.07 Å². The highest BCUT2D eigenvalue weighted by atomic mass is 16.6. The molecule has 9 heteroatoms. The van der Waals surface area contributed by atoms with E-state index in [1.807, 2.05) is 9.80 Å². The van der Waals surface area contributed by atoms with Crippen LogP contribution in [0.15, 0.2) is 18.2 Å². The van der Waals surface area contributed by atoms with Gasteiger partial charge in [-0.3, -0.25) is 24.6 Å². The Morgan fingerprint density at radius 1 is 1.18 bits per heavy atom. The molecule has 3 rings (SSSR count). The SMILES string of the molecule is CC1CCCCN1C(=O)CN1CCN(c2ccc(C(N)=O)cc2[N+](=O)[O-])CC1. The van der Waals surface area contributed by atoms with E-state index in [0.717, 1.165) is 19.4 Å². The fourth-order valence-corrected chi connectivity index (χ4v) is 3.99. The van der Waals surface area contributed by atoms with Gasteiger partial charge in [-0.1, -0.05) is 0 Å². The quantitative estimate of drug-likeness (QED) is 0.598. The Hall–Kier alpha value is -2.68. The van der Waals surface area contributed by atoms with Crippen LogP contribution in [0.2, 0.25) is 0 Å². The maximum atomic E-state index is 12.6. The van der Waals surface area contributed by atoms with Gasteiger partial charge in [-0.15, -0.1) is 0 Å². The predicted molar refractivity (Wildman–Crippen MR) is 105 cm³/mol. The summed E-state index contributed by atoms with van der Waals surface area (Å²) in [5.41, 5.74) is 5.71. The first-order valence-electron chi connectivity index (χ1n) is 9.72. The van der Waals surface area contributed by atoms with Crippen molar-refractivity contribution in [3.8, 4) is 0 Å². The molecule has 2 aliphatic rings. The largest absolute Gasteiger partial charge is 0.366 e. The van der Waals surface area contributed by atoms with E-state index in [-0.39, 0.29) is 17.2 Å². The molecule has 2 N–H and O–H groups in total. The highest BCUT2D eigenvalue weighted by Gasteiger charge is 2.28. The number of piperazine rings is 1. The van der Waals surface area contributed by atoms with Crippen LogP contribution in [0.25, 0.3) is 0 Å². The maximum Gasteiger partial charge on any atom is 0.293 e. The molecule has 1 unspecified atom stereocenters. The third-order valence-electron chi connectivity index (χ3n) is 5.65. The predicted octanol–water partition coefficient (Wildman–Crippen LogP) is 1.22. The standard InChI is InChI=1S/C19H27N5O4/c1-14-4-2-3-7-23(14)18(25)13-21-8-10-22(11-9-21)16-6-5-15(19(20)26)12-17(16)24(27)28/h5-6,12,14H,2-4,7-11,13H2,1H3,(H2,20,26). The van der Waals surface area contributed by atoms with Gasteiger partial charge in [0.25, 0.3) is 5.69 Å². The molecule has 152 valence electrons. The number of likely N-dealkylation sites (tertiary alicyclic amines) is 1. The van der Waals surface area contributed by atoms with Crippen molar-refractivity contribution in [1.29, 1.82) is 0 Å². The van der Waals surface area contributed by atoms with Crippen molar-refractivity contribution in [2.75, 3.05) is 44.2 Å². The summed E-state index contributed by atoms with van der Waals surface area (Å²) in [5.74, 6) is -0.526. The molecule has 2 fully saturated rings. The number of rotatable bonds is 5. The lowest BCUT2D eigenvalue weighted by molar-refractivity contribution is -0.384. The lowest BCUT2D eigenvalue weighted by atomic mass is 10.0. The number of primary amides is 1. The van der Waals surface area contributed by atoms with Crippen LogP contribution in [-0.2, 0) is 4.79 Å². The van der Waals surface area contributed by atoms with Crippen LogP contribution in [0.3, 0.4) is 0 Å². The Labute approximate surface area is 164 Å². The van der Waals surface area contributed by atoms with E-state index < -0.39 is 10.8 Å². The summed E-state index contributed by atoms with van der Waals surface area (Å²) < 4.78 is 0. The second kappa shape index (κ2) is 8.55. The number of nitrogens with two attached hydrogens (primary N) is 1. The first-order chi connectivity index (χ1) is 13.4. The Morgan fingerprint density at radius 3 is 2.50 bits per heavy atom. The minimum absolute atomic E-state index is 0.121. The monoisotopic (exact) mass is 389 g/mol. The molecule has 0 bridgehead atoms. The van der Waals surface area contributed by atoms with Crippen molar-refractivity contribution in [2.45, 2.75) is 32.2 Å². The van der Waals surface area contributed by atoms with Gasteiger partial charge in [-0.05, 0) is 38.3 Å². The first kappa shape index (κ1) is 20.1. The Morgan fingerprint density at radius 2 is 1.89 bits per heavy atom. The van der Waals surface area contributed by atoms with Crippen molar-refractivity contribution in [3.05, 3.63) is 33.9 Å². The normalized spacial score (nSPS) is 20.8. The van der Waals surface area contributed by atoms with Gasteiger partial charge in [-0.25, -0.2) is 0 Å². The molecule has 2 amide bonds. The van der Waals surface area contributed by atoms with Crippen molar-refractivity contribution in [3.63, 3.8) is 0 Å². The molecular formula is C19H27N5O4. The molecule has 2 aliphatic heterocycles. The van der Waals surface area contributed by atoms with Gasteiger partial charge in [0.2, 0.25) is 11.8 Å². The van der Waals surface area contributed by atoms with Gasteiger partial charge < -0.3 is 15.5 Å². The lowest BCUT2D eigenvalue weighted by Gasteiger charge is -2.38.